The lowest BCUT2D eigenvalue weighted by atomic mass is 9.91. The summed E-state index contributed by atoms with van der Waals surface area (Å²) in [5.74, 6) is 0.615. The van der Waals surface area contributed by atoms with Crippen LogP contribution in [0.25, 0.3) is 0 Å². The van der Waals surface area contributed by atoms with Gasteiger partial charge >= 0.3 is 0 Å². The van der Waals surface area contributed by atoms with Crippen molar-refractivity contribution in [3.8, 4) is 0 Å². The van der Waals surface area contributed by atoms with E-state index < -0.39 is 0 Å². The fourth-order valence-electron chi connectivity index (χ4n) is 2.61. The van der Waals surface area contributed by atoms with Crippen LogP contribution in [0.3, 0.4) is 0 Å². The zero-order valence-electron chi connectivity index (χ0n) is 11.1. The van der Waals surface area contributed by atoms with Crippen LogP contribution in [0.4, 0.5) is 0 Å². The molecule has 1 heterocycles. The number of aliphatic hydroxyl groups is 2. The summed E-state index contributed by atoms with van der Waals surface area (Å²) in [5, 5.41) is 21.4. The van der Waals surface area contributed by atoms with E-state index in [-0.39, 0.29) is 13.2 Å². The van der Waals surface area contributed by atoms with Crippen molar-refractivity contribution in [1.82, 2.24) is 15.1 Å². The Balaban J connectivity index is 2.47. The van der Waals surface area contributed by atoms with Crippen LogP contribution in [-0.4, -0.2) is 86.1 Å². The van der Waals surface area contributed by atoms with Crippen molar-refractivity contribution in [3.05, 3.63) is 0 Å². The van der Waals surface area contributed by atoms with Gasteiger partial charge in [0.25, 0.3) is 0 Å². The van der Waals surface area contributed by atoms with Crippen LogP contribution in [0.2, 0.25) is 0 Å². The van der Waals surface area contributed by atoms with Gasteiger partial charge in [0, 0.05) is 32.2 Å². The van der Waals surface area contributed by atoms with E-state index in [0.29, 0.717) is 12.0 Å². The maximum atomic E-state index is 9.01. The molecular weight excluding hydrogens is 218 g/mol. The van der Waals surface area contributed by atoms with Crippen LogP contribution in [-0.2, 0) is 0 Å². The fraction of sp³-hybridized carbons (Fsp3) is 1.00. The highest BCUT2D eigenvalue weighted by Gasteiger charge is 2.28. The van der Waals surface area contributed by atoms with Gasteiger partial charge in [0.2, 0.25) is 0 Å². The maximum Gasteiger partial charge on any atom is 0.0558 e. The summed E-state index contributed by atoms with van der Waals surface area (Å²) >= 11 is 0. The average Bonchev–Trinajstić information content (AvgIpc) is 2.30. The zero-order chi connectivity index (χ0) is 12.7. The van der Waals surface area contributed by atoms with E-state index >= 15 is 0 Å². The van der Waals surface area contributed by atoms with E-state index in [2.05, 4.69) is 29.2 Å². The van der Waals surface area contributed by atoms with Crippen molar-refractivity contribution < 1.29 is 10.2 Å². The molecule has 0 amide bonds. The van der Waals surface area contributed by atoms with Gasteiger partial charge in [0.1, 0.15) is 0 Å². The minimum Gasteiger partial charge on any atom is -0.395 e. The summed E-state index contributed by atoms with van der Waals surface area (Å²) < 4.78 is 0. The highest BCUT2D eigenvalue weighted by atomic mass is 16.3. The highest BCUT2D eigenvalue weighted by molar-refractivity contribution is 4.86. The molecule has 3 N–H and O–H groups in total. The third kappa shape index (κ3) is 4.89. The van der Waals surface area contributed by atoms with Gasteiger partial charge in [-0.05, 0) is 33.0 Å². The Morgan fingerprint density at radius 3 is 2.53 bits per heavy atom. The van der Waals surface area contributed by atoms with Crippen LogP contribution in [0.1, 0.15) is 6.42 Å². The summed E-state index contributed by atoms with van der Waals surface area (Å²) in [7, 11) is 4.13. The predicted octanol–water partition coefficient (Wildman–Crippen LogP) is -1.19. The molecule has 1 aliphatic rings. The molecule has 1 aliphatic heterocycles. The number of aliphatic hydroxyl groups excluding tert-OH is 2. The van der Waals surface area contributed by atoms with Gasteiger partial charge in [-0.3, -0.25) is 4.90 Å². The van der Waals surface area contributed by atoms with Crippen molar-refractivity contribution in [2.75, 3.05) is 60.0 Å². The fourth-order valence-corrected chi connectivity index (χ4v) is 2.61. The van der Waals surface area contributed by atoms with Crippen LogP contribution >= 0.6 is 0 Å². The third-order valence-electron chi connectivity index (χ3n) is 3.64. The molecule has 0 aliphatic carbocycles. The van der Waals surface area contributed by atoms with E-state index in [1.165, 1.54) is 0 Å². The van der Waals surface area contributed by atoms with Gasteiger partial charge in [0.05, 0.1) is 13.2 Å². The minimum atomic E-state index is 0.214. The van der Waals surface area contributed by atoms with Gasteiger partial charge in [0.15, 0.2) is 0 Å². The Morgan fingerprint density at radius 2 is 1.88 bits per heavy atom. The largest absolute Gasteiger partial charge is 0.395 e. The first-order chi connectivity index (χ1) is 8.19. The standard InChI is InChI=1S/C12H27N3O2/c1-14(5-7-16)10-11-3-4-13-9-12(11)15(2)6-8-17/h11-13,16-17H,3-10H2,1-2H3. The second-order valence-electron chi connectivity index (χ2n) is 5.01. The number of hydrogen-bond acceptors (Lipinski definition) is 5. The van der Waals surface area contributed by atoms with Crippen LogP contribution in [0.5, 0.6) is 0 Å². The lowest BCUT2D eigenvalue weighted by Crippen LogP contribution is -2.53. The Kier molecular flexibility index (Phi) is 6.99. The molecule has 0 spiro atoms. The SMILES string of the molecule is CN(CCO)CC1CCNCC1N(C)CCO. The smallest absolute Gasteiger partial charge is 0.0558 e. The molecule has 0 aromatic carbocycles. The Morgan fingerprint density at radius 1 is 1.18 bits per heavy atom. The van der Waals surface area contributed by atoms with Crippen molar-refractivity contribution in [3.63, 3.8) is 0 Å². The lowest BCUT2D eigenvalue weighted by Gasteiger charge is -2.39. The average molecular weight is 245 g/mol. The van der Waals surface area contributed by atoms with Crippen molar-refractivity contribution in [1.29, 1.82) is 0 Å². The van der Waals surface area contributed by atoms with Gasteiger partial charge in [-0.15, -0.1) is 0 Å². The van der Waals surface area contributed by atoms with E-state index in [4.69, 9.17) is 10.2 Å². The molecular formula is C12H27N3O2. The number of nitrogens with zero attached hydrogens (tertiary/aromatic N) is 2. The quantitative estimate of drug-likeness (QED) is 0.527. The van der Waals surface area contributed by atoms with Crippen molar-refractivity contribution in [2.45, 2.75) is 12.5 Å². The molecule has 0 radical (unpaired) electrons. The molecule has 0 aromatic heterocycles. The summed E-state index contributed by atoms with van der Waals surface area (Å²) in [5.41, 5.74) is 0. The molecule has 2 atom stereocenters. The van der Waals surface area contributed by atoms with E-state index in [1.54, 1.807) is 0 Å². The molecule has 1 saturated heterocycles. The number of rotatable bonds is 7. The molecule has 5 heteroatoms. The monoisotopic (exact) mass is 245 g/mol. The van der Waals surface area contributed by atoms with Gasteiger partial charge in [-0.2, -0.15) is 0 Å². The predicted molar refractivity (Wildman–Crippen MR) is 69.1 cm³/mol. The molecule has 0 saturated carbocycles. The second kappa shape index (κ2) is 8.00. The van der Waals surface area contributed by atoms with Crippen LogP contribution in [0.15, 0.2) is 0 Å². The Hall–Kier alpha value is -0.200. The number of nitrogens with one attached hydrogen (secondary N) is 1. The molecule has 2 unspecified atom stereocenters. The molecule has 17 heavy (non-hydrogen) atoms. The molecule has 5 nitrogen and oxygen atoms in total. The first kappa shape index (κ1) is 14.9. The Labute approximate surface area is 104 Å². The van der Waals surface area contributed by atoms with Crippen molar-refractivity contribution in [2.24, 2.45) is 5.92 Å². The number of hydrogen-bond donors (Lipinski definition) is 3. The first-order valence-electron chi connectivity index (χ1n) is 6.50. The normalized spacial score (nSPS) is 25.8. The van der Waals surface area contributed by atoms with Crippen molar-refractivity contribution >= 4 is 0 Å². The molecule has 0 bridgehead atoms. The minimum absolute atomic E-state index is 0.214. The topological polar surface area (TPSA) is 59.0 Å². The third-order valence-corrected chi connectivity index (χ3v) is 3.64. The van der Waals surface area contributed by atoms with E-state index in [9.17, 15) is 0 Å². The van der Waals surface area contributed by atoms with Gasteiger partial charge < -0.3 is 20.4 Å². The summed E-state index contributed by atoms with van der Waals surface area (Å²) in [6.45, 7) is 4.98. The summed E-state index contributed by atoms with van der Waals surface area (Å²) in [4.78, 5) is 4.43. The summed E-state index contributed by atoms with van der Waals surface area (Å²) in [6.07, 6.45) is 1.16. The maximum absolute atomic E-state index is 9.01. The molecule has 102 valence electrons. The van der Waals surface area contributed by atoms with Gasteiger partial charge in [-0.25, -0.2) is 0 Å². The first-order valence-corrected chi connectivity index (χ1v) is 6.50. The highest BCUT2D eigenvalue weighted by Crippen LogP contribution is 2.18. The summed E-state index contributed by atoms with van der Waals surface area (Å²) in [6, 6.07) is 0.483. The molecule has 1 fully saturated rings. The van der Waals surface area contributed by atoms with E-state index in [0.717, 1.165) is 39.1 Å². The molecule has 0 aromatic rings. The zero-order valence-corrected chi connectivity index (χ0v) is 11.1. The van der Waals surface area contributed by atoms with Crippen LogP contribution in [0, 0.1) is 5.92 Å². The lowest BCUT2D eigenvalue weighted by molar-refractivity contribution is 0.0918. The number of piperidine rings is 1. The van der Waals surface area contributed by atoms with E-state index in [1.807, 2.05) is 0 Å². The van der Waals surface area contributed by atoms with Gasteiger partial charge in [-0.1, -0.05) is 0 Å². The second-order valence-corrected chi connectivity index (χ2v) is 5.01. The molecule has 1 rings (SSSR count). The number of likely N-dealkylation sites (N-methyl/N-ethyl adjacent to an activating group) is 2. The Bertz CT molecular complexity index is 204. The van der Waals surface area contributed by atoms with Crippen LogP contribution < -0.4 is 5.32 Å².